The third-order valence-electron chi connectivity index (χ3n) is 6.40. The molecule has 0 radical (unpaired) electrons. The highest BCUT2D eigenvalue weighted by Gasteiger charge is 2.26. The highest BCUT2D eigenvalue weighted by Crippen LogP contribution is 2.23. The monoisotopic (exact) mass is 488 g/mol. The molecule has 0 spiro atoms. The van der Waals surface area contributed by atoms with Crippen molar-refractivity contribution < 1.29 is 13.2 Å². The summed E-state index contributed by atoms with van der Waals surface area (Å²) in [4.78, 5) is 21.4. The Balaban J connectivity index is 1.37. The first-order chi connectivity index (χ1) is 17.0. The standard InChI is InChI=1S/C27H28N4O3S/c32-27(21-13-15-22(16-14-21)35(33,34)31-17-7-2-8-18-31)30-25(19-20-9-3-1-4-10-20)26-28-23-11-5-6-12-24(23)29-26/h1,3-6,9-16,25H,2,7-8,17-19H2,(H,28,29)(H,30,32)/t25-/m0/s1. The van der Waals surface area contributed by atoms with Crippen LogP contribution in [-0.4, -0.2) is 41.7 Å². The lowest BCUT2D eigenvalue weighted by atomic mass is 10.0. The number of imidazole rings is 1. The van der Waals surface area contributed by atoms with Crippen LogP contribution in [0.15, 0.2) is 83.8 Å². The number of nitrogens with zero attached hydrogens (tertiary/aromatic N) is 2. The van der Waals surface area contributed by atoms with Crippen molar-refractivity contribution in [1.29, 1.82) is 0 Å². The van der Waals surface area contributed by atoms with Crippen LogP contribution in [0.4, 0.5) is 0 Å². The quantitative estimate of drug-likeness (QED) is 0.402. The van der Waals surface area contributed by atoms with E-state index in [0.29, 0.717) is 30.9 Å². The van der Waals surface area contributed by atoms with E-state index in [2.05, 4.69) is 10.3 Å². The van der Waals surface area contributed by atoms with Crippen LogP contribution in [-0.2, 0) is 16.4 Å². The van der Waals surface area contributed by atoms with Gasteiger partial charge in [-0.3, -0.25) is 4.79 Å². The Morgan fingerprint density at radius 2 is 1.60 bits per heavy atom. The Bertz CT molecular complexity index is 1380. The summed E-state index contributed by atoms with van der Waals surface area (Å²) in [5.41, 5.74) is 3.21. The van der Waals surface area contributed by atoms with Gasteiger partial charge in [0.25, 0.3) is 5.91 Å². The van der Waals surface area contributed by atoms with Crippen LogP contribution in [0.3, 0.4) is 0 Å². The van der Waals surface area contributed by atoms with E-state index in [-0.39, 0.29) is 16.8 Å². The lowest BCUT2D eigenvalue weighted by Gasteiger charge is -2.25. The molecule has 1 aromatic heterocycles. The van der Waals surface area contributed by atoms with Crippen LogP contribution >= 0.6 is 0 Å². The van der Waals surface area contributed by atoms with E-state index in [9.17, 15) is 13.2 Å². The second-order valence-corrected chi connectivity index (χ2v) is 10.8. The smallest absolute Gasteiger partial charge is 0.251 e. The molecule has 4 aromatic rings. The molecule has 3 aromatic carbocycles. The Kier molecular flexibility index (Phi) is 6.66. The molecule has 0 aliphatic carbocycles. The number of aromatic amines is 1. The largest absolute Gasteiger partial charge is 0.342 e. The van der Waals surface area contributed by atoms with Crippen LogP contribution in [0.25, 0.3) is 11.0 Å². The van der Waals surface area contributed by atoms with Crippen molar-refractivity contribution in [3.05, 3.63) is 95.8 Å². The number of fused-ring (bicyclic) bond motifs is 1. The van der Waals surface area contributed by atoms with Gasteiger partial charge in [-0.1, -0.05) is 48.9 Å². The molecule has 180 valence electrons. The second-order valence-electron chi connectivity index (χ2n) is 8.84. The third-order valence-corrected chi connectivity index (χ3v) is 8.31. The summed E-state index contributed by atoms with van der Waals surface area (Å²) in [7, 11) is -3.54. The van der Waals surface area contributed by atoms with Gasteiger partial charge in [0.05, 0.1) is 22.0 Å². The number of hydrogen-bond donors (Lipinski definition) is 2. The van der Waals surface area contributed by atoms with Crippen molar-refractivity contribution in [2.45, 2.75) is 36.6 Å². The molecular formula is C27H28N4O3S. The zero-order valence-electron chi connectivity index (χ0n) is 19.4. The molecule has 1 amide bonds. The van der Waals surface area contributed by atoms with Crippen LogP contribution in [0.1, 0.15) is 47.1 Å². The number of carbonyl (C=O) groups is 1. The average molecular weight is 489 g/mol. The fourth-order valence-electron chi connectivity index (χ4n) is 4.48. The fraction of sp³-hybridized carbons (Fsp3) is 0.259. The molecule has 35 heavy (non-hydrogen) atoms. The molecule has 0 bridgehead atoms. The zero-order chi connectivity index (χ0) is 24.3. The molecule has 8 heteroatoms. The first-order valence-electron chi connectivity index (χ1n) is 11.9. The Morgan fingerprint density at radius 1 is 0.914 bits per heavy atom. The molecule has 0 saturated carbocycles. The summed E-state index contributed by atoms with van der Waals surface area (Å²) >= 11 is 0. The predicted octanol–water partition coefficient (Wildman–Crippen LogP) is 4.45. The number of para-hydroxylation sites is 2. The van der Waals surface area contributed by atoms with Gasteiger partial charge >= 0.3 is 0 Å². The molecule has 5 rings (SSSR count). The van der Waals surface area contributed by atoms with Crippen LogP contribution < -0.4 is 5.32 Å². The maximum Gasteiger partial charge on any atom is 0.251 e. The van der Waals surface area contributed by atoms with Crippen molar-refractivity contribution >= 4 is 27.0 Å². The molecule has 1 aliphatic rings. The number of carbonyl (C=O) groups excluding carboxylic acids is 1. The van der Waals surface area contributed by atoms with Crippen LogP contribution in [0, 0.1) is 0 Å². The van der Waals surface area contributed by atoms with Crippen molar-refractivity contribution in [3.63, 3.8) is 0 Å². The van der Waals surface area contributed by atoms with E-state index in [0.717, 1.165) is 35.9 Å². The number of sulfonamides is 1. The highest BCUT2D eigenvalue weighted by molar-refractivity contribution is 7.89. The summed E-state index contributed by atoms with van der Waals surface area (Å²) in [5.74, 6) is 0.390. The second kappa shape index (κ2) is 10.0. The van der Waals surface area contributed by atoms with Gasteiger partial charge in [-0.05, 0) is 61.2 Å². The maximum atomic E-state index is 13.2. The van der Waals surface area contributed by atoms with E-state index < -0.39 is 10.0 Å². The fourth-order valence-corrected chi connectivity index (χ4v) is 5.99. The first-order valence-corrected chi connectivity index (χ1v) is 13.3. The number of hydrogen-bond acceptors (Lipinski definition) is 4. The van der Waals surface area contributed by atoms with E-state index in [1.807, 2.05) is 54.6 Å². The van der Waals surface area contributed by atoms with Gasteiger partial charge < -0.3 is 10.3 Å². The van der Waals surface area contributed by atoms with E-state index in [4.69, 9.17) is 4.98 Å². The van der Waals surface area contributed by atoms with Crippen LogP contribution in [0.2, 0.25) is 0 Å². The minimum Gasteiger partial charge on any atom is -0.342 e. The summed E-state index contributed by atoms with van der Waals surface area (Å²) in [6, 6.07) is 23.5. The molecule has 0 unspecified atom stereocenters. The molecule has 7 nitrogen and oxygen atoms in total. The topological polar surface area (TPSA) is 95.2 Å². The summed E-state index contributed by atoms with van der Waals surface area (Å²) in [6.07, 6.45) is 3.38. The first kappa shape index (κ1) is 23.3. The summed E-state index contributed by atoms with van der Waals surface area (Å²) in [6.45, 7) is 1.09. The van der Waals surface area contributed by atoms with Gasteiger partial charge in [0, 0.05) is 18.7 Å². The minimum absolute atomic E-state index is 0.217. The summed E-state index contributed by atoms with van der Waals surface area (Å²) < 4.78 is 27.4. The van der Waals surface area contributed by atoms with Gasteiger partial charge in [0.15, 0.2) is 0 Å². The zero-order valence-corrected chi connectivity index (χ0v) is 20.2. The Morgan fingerprint density at radius 3 is 2.31 bits per heavy atom. The van der Waals surface area contributed by atoms with E-state index >= 15 is 0 Å². The van der Waals surface area contributed by atoms with Crippen molar-refractivity contribution in [1.82, 2.24) is 19.6 Å². The van der Waals surface area contributed by atoms with E-state index in [1.165, 1.54) is 16.4 Å². The van der Waals surface area contributed by atoms with Crippen LogP contribution in [0.5, 0.6) is 0 Å². The molecule has 2 N–H and O–H groups in total. The number of amides is 1. The maximum absolute atomic E-state index is 13.2. The average Bonchev–Trinajstić information content (AvgIpc) is 3.34. The van der Waals surface area contributed by atoms with Crippen molar-refractivity contribution in [3.8, 4) is 0 Å². The molecule has 2 heterocycles. The van der Waals surface area contributed by atoms with E-state index in [1.54, 1.807) is 12.1 Å². The van der Waals surface area contributed by atoms with Crippen molar-refractivity contribution in [2.75, 3.05) is 13.1 Å². The molecule has 1 aliphatic heterocycles. The molecule has 1 fully saturated rings. The van der Waals surface area contributed by atoms with Gasteiger partial charge in [-0.15, -0.1) is 0 Å². The number of aromatic nitrogens is 2. The third kappa shape index (κ3) is 5.13. The minimum atomic E-state index is -3.54. The lowest BCUT2D eigenvalue weighted by Crippen LogP contribution is -2.35. The number of piperidine rings is 1. The number of H-pyrrole nitrogens is 1. The predicted molar refractivity (Wildman–Crippen MR) is 135 cm³/mol. The highest BCUT2D eigenvalue weighted by atomic mass is 32.2. The normalized spacial score (nSPS) is 15.7. The van der Waals surface area contributed by atoms with Gasteiger partial charge in [0.2, 0.25) is 10.0 Å². The lowest BCUT2D eigenvalue weighted by molar-refractivity contribution is 0.0934. The number of nitrogens with one attached hydrogen (secondary N) is 2. The number of benzene rings is 3. The van der Waals surface area contributed by atoms with Gasteiger partial charge in [-0.2, -0.15) is 4.31 Å². The molecule has 1 saturated heterocycles. The van der Waals surface area contributed by atoms with Crippen molar-refractivity contribution in [2.24, 2.45) is 0 Å². The molecule has 1 atom stereocenters. The van der Waals surface area contributed by atoms with Gasteiger partial charge in [-0.25, -0.2) is 13.4 Å². The number of rotatable bonds is 7. The SMILES string of the molecule is O=C(N[C@@H](Cc1ccccc1)c1nc2ccccc2[nH]1)c1ccc(S(=O)(=O)N2CCCCC2)cc1. The summed E-state index contributed by atoms with van der Waals surface area (Å²) in [5, 5.41) is 3.09. The molecular weight excluding hydrogens is 460 g/mol. The Labute approximate surface area is 205 Å². The Hall–Kier alpha value is -3.49. The van der Waals surface area contributed by atoms with Gasteiger partial charge in [0.1, 0.15) is 5.82 Å².